The molecule has 1 heterocycles. The van der Waals surface area contributed by atoms with Crippen molar-refractivity contribution in [2.24, 2.45) is 5.92 Å². The van der Waals surface area contributed by atoms with E-state index in [1.165, 1.54) is 27.5 Å². The molecule has 0 amide bonds. The van der Waals surface area contributed by atoms with Gasteiger partial charge in [-0.25, -0.2) is 0 Å². The average molecular weight is 390 g/mol. The number of hydrogen-bond donors (Lipinski definition) is 1. The Kier molecular flexibility index (Phi) is 5.72. The van der Waals surface area contributed by atoms with Crippen LogP contribution in [0.5, 0.6) is 0 Å². The number of rotatable bonds is 4. The zero-order valence-electron chi connectivity index (χ0n) is 11.6. The lowest BCUT2D eigenvalue weighted by atomic mass is 9.93. The SMILES string of the molecule is CCCNC1CCN(c2c(Br)cccc2Br)CC1C. The Labute approximate surface area is 133 Å². The summed E-state index contributed by atoms with van der Waals surface area (Å²) in [4.78, 5) is 2.49. The molecular weight excluding hydrogens is 368 g/mol. The molecule has 1 aliphatic heterocycles. The average Bonchev–Trinajstić information content (AvgIpc) is 2.37. The Hall–Kier alpha value is -0.0600. The van der Waals surface area contributed by atoms with Crippen molar-refractivity contribution in [2.45, 2.75) is 32.7 Å². The van der Waals surface area contributed by atoms with E-state index in [1.54, 1.807) is 0 Å². The summed E-state index contributed by atoms with van der Waals surface area (Å²) >= 11 is 7.34. The topological polar surface area (TPSA) is 15.3 Å². The van der Waals surface area contributed by atoms with Gasteiger partial charge in [-0.2, -0.15) is 0 Å². The Bertz CT molecular complexity index is 402. The fourth-order valence-electron chi connectivity index (χ4n) is 2.77. The van der Waals surface area contributed by atoms with Gasteiger partial charge in [-0.15, -0.1) is 0 Å². The van der Waals surface area contributed by atoms with Crippen molar-refractivity contribution < 1.29 is 0 Å². The molecule has 0 saturated carbocycles. The molecule has 2 atom stereocenters. The lowest BCUT2D eigenvalue weighted by Gasteiger charge is -2.39. The van der Waals surface area contributed by atoms with Gasteiger partial charge in [0.1, 0.15) is 0 Å². The van der Waals surface area contributed by atoms with Gasteiger partial charge in [0.25, 0.3) is 0 Å². The predicted octanol–water partition coefficient (Wildman–Crippen LogP) is 4.43. The minimum absolute atomic E-state index is 0.664. The van der Waals surface area contributed by atoms with Crippen LogP contribution >= 0.6 is 31.9 Å². The zero-order valence-corrected chi connectivity index (χ0v) is 14.8. The smallest absolute Gasteiger partial charge is 0.0655 e. The van der Waals surface area contributed by atoms with Crippen molar-refractivity contribution >= 4 is 37.5 Å². The van der Waals surface area contributed by atoms with E-state index in [2.05, 4.69) is 74.1 Å². The summed E-state index contributed by atoms with van der Waals surface area (Å²) in [6.07, 6.45) is 2.43. The van der Waals surface area contributed by atoms with Gasteiger partial charge < -0.3 is 10.2 Å². The quantitative estimate of drug-likeness (QED) is 0.819. The number of nitrogens with one attached hydrogen (secondary N) is 1. The summed E-state index contributed by atoms with van der Waals surface area (Å²) in [6, 6.07) is 6.96. The molecule has 1 aliphatic rings. The third-order valence-electron chi connectivity index (χ3n) is 3.82. The van der Waals surface area contributed by atoms with Crippen LogP contribution in [0.1, 0.15) is 26.7 Å². The highest BCUT2D eigenvalue weighted by Gasteiger charge is 2.27. The molecule has 106 valence electrons. The van der Waals surface area contributed by atoms with Gasteiger partial charge >= 0.3 is 0 Å². The normalized spacial score (nSPS) is 23.7. The van der Waals surface area contributed by atoms with Gasteiger partial charge in [-0.3, -0.25) is 0 Å². The summed E-state index contributed by atoms with van der Waals surface area (Å²) in [5.74, 6) is 0.680. The summed E-state index contributed by atoms with van der Waals surface area (Å²) in [5.41, 5.74) is 1.29. The van der Waals surface area contributed by atoms with Crippen molar-refractivity contribution in [1.82, 2.24) is 5.32 Å². The molecule has 1 N–H and O–H groups in total. The maximum Gasteiger partial charge on any atom is 0.0655 e. The lowest BCUT2D eigenvalue weighted by Crippen LogP contribution is -2.48. The van der Waals surface area contributed by atoms with E-state index in [-0.39, 0.29) is 0 Å². The molecule has 0 aromatic heterocycles. The number of hydrogen-bond acceptors (Lipinski definition) is 2. The van der Waals surface area contributed by atoms with E-state index < -0.39 is 0 Å². The number of halogens is 2. The summed E-state index contributed by atoms with van der Waals surface area (Å²) < 4.78 is 2.35. The van der Waals surface area contributed by atoms with Crippen molar-refractivity contribution in [3.05, 3.63) is 27.1 Å². The highest BCUT2D eigenvalue weighted by molar-refractivity contribution is 9.11. The molecule has 19 heavy (non-hydrogen) atoms. The van der Waals surface area contributed by atoms with E-state index in [0.29, 0.717) is 12.0 Å². The maximum atomic E-state index is 3.67. The fourth-order valence-corrected chi connectivity index (χ4v) is 4.27. The second-order valence-corrected chi connectivity index (χ2v) is 7.05. The largest absolute Gasteiger partial charge is 0.369 e. The van der Waals surface area contributed by atoms with E-state index in [9.17, 15) is 0 Å². The minimum Gasteiger partial charge on any atom is -0.369 e. The molecule has 2 unspecified atom stereocenters. The van der Waals surface area contributed by atoms with Crippen molar-refractivity contribution in [2.75, 3.05) is 24.5 Å². The first-order valence-corrected chi connectivity index (χ1v) is 8.64. The molecular formula is C15H22Br2N2. The molecule has 1 aromatic rings. The molecule has 0 radical (unpaired) electrons. The molecule has 4 heteroatoms. The summed E-state index contributed by atoms with van der Waals surface area (Å²) in [7, 11) is 0. The van der Waals surface area contributed by atoms with Crippen molar-refractivity contribution in [3.63, 3.8) is 0 Å². The van der Waals surface area contributed by atoms with Crippen molar-refractivity contribution in [1.29, 1.82) is 0 Å². The van der Waals surface area contributed by atoms with Crippen LogP contribution in [0.4, 0.5) is 5.69 Å². The molecule has 0 bridgehead atoms. The first-order valence-electron chi connectivity index (χ1n) is 7.05. The fraction of sp³-hybridized carbons (Fsp3) is 0.600. The van der Waals surface area contributed by atoms with Gasteiger partial charge in [-0.05, 0) is 69.3 Å². The van der Waals surface area contributed by atoms with E-state index in [0.717, 1.165) is 19.6 Å². The summed E-state index contributed by atoms with van der Waals surface area (Å²) in [6.45, 7) is 7.94. The molecule has 1 fully saturated rings. The minimum atomic E-state index is 0.664. The number of piperidine rings is 1. The second-order valence-electron chi connectivity index (χ2n) is 5.34. The third-order valence-corrected chi connectivity index (χ3v) is 5.10. The van der Waals surface area contributed by atoms with Gasteiger partial charge in [-0.1, -0.05) is 19.9 Å². The van der Waals surface area contributed by atoms with E-state index >= 15 is 0 Å². The maximum absolute atomic E-state index is 3.67. The molecule has 0 spiro atoms. The molecule has 1 saturated heterocycles. The number of anilines is 1. The van der Waals surface area contributed by atoms with E-state index in [1.807, 2.05) is 0 Å². The van der Waals surface area contributed by atoms with Crippen LogP contribution in [-0.4, -0.2) is 25.7 Å². The second kappa shape index (κ2) is 7.09. The molecule has 2 nitrogen and oxygen atoms in total. The Morgan fingerprint density at radius 3 is 2.58 bits per heavy atom. The van der Waals surface area contributed by atoms with Crippen LogP contribution in [0.3, 0.4) is 0 Å². The Balaban J connectivity index is 2.05. The number of nitrogens with zero attached hydrogens (tertiary/aromatic N) is 1. The van der Waals surface area contributed by atoms with Crippen LogP contribution in [0.2, 0.25) is 0 Å². The van der Waals surface area contributed by atoms with Crippen LogP contribution < -0.4 is 10.2 Å². The van der Waals surface area contributed by atoms with E-state index in [4.69, 9.17) is 0 Å². The van der Waals surface area contributed by atoms with Crippen LogP contribution in [0, 0.1) is 5.92 Å². The van der Waals surface area contributed by atoms with Crippen LogP contribution in [0.25, 0.3) is 0 Å². The zero-order chi connectivity index (χ0) is 13.8. The van der Waals surface area contributed by atoms with Gasteiger partial charge in [0.15, 0.2) is 0 Å². The first kappa shape index (κ1) is 15.3. The Morgan fingerprint density at radius 1 is 1.32 bits per heavy atom. The predicted molar refractivity (Wildman–Crippen MR) is 89.9 cm³/mol. The molecule has 0 aliphatic carbocycles. The summed E-state index contributed by atoms with van der Waals surface area (Å²) in [5, 5.41) is 3.67. The Morgan fingerprint density at radius 2 is 2.00 bits per heavy atom. The number of benzene rings is 1. The van der Waals surface area contributed by atoms with Crippen molar-refractivity contribution in [3.8, 4) is 0 Å². The highest BCUT2D eigenvalue weighted by atomic mass is 79.9. The van der Waals surface area contributed by atoms with Gasteiger partial charge in [0.05, 0.1) is 5.69 Å². The monoisotopic (exact) mass is 388 g/mol. The first-order chi connectivity index (χ1) is 9.13. The number of para-hydroxylation sites is 1. The highest BCUT2D eigenvalue weighted by Crippen LogP contribution is 2.36. The van der Waals surface area contributed by atoms with Crippen LogP contribution in [-0.2, 0) is 0 Å². The van der Waals surface area contributed by atoms with Gasteiger partial charge in [0.2, 0.25) is 0 Å². The molecule has 2 rings (SSSR count). The third kappa shape index (κ3) is 3.73. The lowest BCUT2D eigenvalue weighted by molar-refractivity contribution is 0.322. The molecule has 1 aromatic carbocycles. The standard InChI is InChI=1S/C15H22Br2N2/c1-3-8-18-14-7-9-19(10-11(14)2)15-12(16)5-4-6-13(15)17/h4-6,11,14,18H,3,7-10H2,1-2H3. The van der Waals surface area contributed by atoms with Crippen LogP contribution in [0.15, 0.2) is 27.1 Å². The van der Waals surface area contributed by atoms with Gasteiger partial charge in [0, 0.05) is 28.1 Å².